The van der Waals surface area contributed by atoms with E-state index in [-0.39, 0.29) is 29.2 Å². The average molecular weight is 525 g/mol. The molecule has 0 aromatic rings. The van der Waals surface area contributed by atoms with E-state index >= 15 is 0 Å². The molecule has 10 heteroatoms. The Morgan fingerprint density at radius 2 is 1.25 bits per heavy atom. The Kier molecular flexibility index (Phi) is 11.2. The summed E-state index contributed by atoms with van der Waals surface area (Å²) in [7, 11) is 0. The van der Waals surface area contributed by atoms with Gasteiger partial charge in [0.25, 0.3) is 0 Å². The summed E-state index contributed by atoms with van der Waals surface area (Å²) < 4.78 is 21.5. The minimum Gasteiger partial charge on any atom is -0.444 e. The van der Waals surface area contributed by atoms with Gasteiger partial charge in [-0.05, 0) is 48.5 Å². The Hall–Kier alpha value is -1.10. The van der Waals surface area contributed by atoms with Crippen LogP contribution in [0.1, 0.15) is 55.4 Å². The summed E-state index contributed by atoms with van der Waals surface area (Å²) in [5.41, 5.74) is -0.930. The van der Waals surface area contributed by atoms with Crippen molar-refractivity contribution < 1.29 is 33.6 Å². The van der Waals surface area contributed by atoms with Crippen molar-refractivity contribution in [1.29, 1.82) is 0 Å². The van der Waals surface area contributed by atoms with Crippen LogP contribution in [0.25, 0.3) is 0 Å². The van der Waals surface area contributed by atoms with Crippen LogP contribution in [-0.4, -0.2) is 101 Å². The predicted molar refractivity (Wildman–Crippen MR) is 125 cm³/mol. The van der Waals surface area contributed by atoms with Gasteiger partial charge < -0.3 is 33.9 Å². The Labute approximate surface area is 200 Å². The second-order valence-electron chi connectivity index (χ2n) is 10.1. The van der Waals surface area contributed by atoms with Crippen LogP contribution in [0.4, 0.5) is 9.59 Å². The maximum absolute atomic E-state index is 11.8. The molecule has 2 aliphatic rings. The number of hydrogen-bond acceptors (Lipinski definition) is 7. The van der Waals surface area contributed by atoms with E-state index in [0.717, 1.165) is 0 Å². The van der Waals surface area contributed by atoms with Gasteiger partial charge in [0.1, 0.15) is 17.3 Å². The van der Waals surface area contributed by atoms with Gasteiger partial charge in [-0.1, -0.05) is 22.9 Å². The molecule has 2 saturated heterocycles. The molecule has 0 bridgehead atoms. The van der Waals surface area contributed by atoms with E-state index < -0.39 is 17.3 Å². The first-order chi connectivity index (χ1) is 14.6. The molecule has 1 N–H and O–H groups in total. The maximum Gasteiger partial charge on any atom is 0.410 e. The molecule has 0 spiro atoms. The summed E-state index contributed by atoms with van der Waals surface area (Å²) >= 11 is 3.47. The number of amides is 2. The Morgan fingerprint density at radius 1 is 0.875 bits per heavy atom. The summed E-state index contributed by atoms with van der Waals surface area (Å²) in [5.74, 6) is 0. The number of aliphatic hydroxyl groups is 1. The first kappa shape index (κ1) is 28.9. The highest BCUT2D eigenvalue weighted by atomic mass is 79.9. The summed E-state index contributed by atoms with van der Waals surface area (Å²) in [5, 5.41) is 9.41. The van der Waals surface area contributed by atoms with Crippen LogP contribution in [0.5, 0.6) is 0 Å². The van der Waals surface area contributed by atoms with Crippen molar-refractivity contribution in [2.24, 2.45) is 0 Å². The topological polar surface area (TPSA) is 97.8 Å². The Morgan fingerprint density at radius 3 is 1.59 bits per heavy atom. The van der Waals surface area contributed by atoms with Crippen LogP contribution in [0, 0.1) is 0 Å². The minimum atomic E-state index is -0.578. The minimum absolute atomic E-state index is 0.0428. The number of carbonyl (C=O) groups is 2. The van der Waals surface area contributed by atoms with Gasteiger partial charge >= 0.3 is 12.2 Å². The molecule has 4 atom stereocenters. The number of nitrogens with zero attached hydrogens (tertiary/aromatic N) is 2. The molecule has 0 saturated carbocycles. The second kappa shape index (κ2) is 12.4. The van der Waals surface area contributed by atoms with Crippen LogP contribution >= 0.6 is 15.9 Å². The number of hydrogen-bond donors (Lipinski definition) is 1. The van der Waals surface area contributed by atoms with Crippen molar-refractivity contribution in [2.75, 3.05) is 39.4 Å². The first-order valence-corrected chi connectivity index (χ1v) is 12.0. The molecule has 2 heterocycles. The predicted octanol–water partition coefficient (Wildman–Crippen LogP) is 3.41. The van der Waals surface area contributed by atoms with Crippen molar-refractivity contribution in [2.45, 2.75) is 89.7 Å². The number of rotatable bonds is 2. The van der Waals surface area contributed by atoms with Crippen LogP contribution in [-0.2, 0) is 18.9 Å². The zero-order valence-corrected chi connectivity index (χ0v) is 22.3. The van der Waals surface area contributed by atoms with E-state index in [4.69, 9.17) is 18.9 Å². The fourth-order valence-corrected chi connectivity index (χ4v) is 3.23. The van der Waals surface area contributed by atoms with Gasteiger partial charge in [0.15, 0.2) is 0 Å². The molecule has 188 valence electrons. The van der Waals surface area contributed by atoms with Crippen molar-refractivity contribution in [3.8, 4) is 0 Å². The fourth-order valence-electron chi connectivity index (χ4n) is 2.91. The van der Waals surface area contributed by atoms with Gasteiger partial charge in [-0.25, -0.2) is 9.59 Å². The first-order valence-electron chi connectivity index (χ1n) is 11.1. The van der Waals surface area contributed by atoms with E-state index in [1.807, 2.05) is 48.5 Å². The lowest BCUT2D eigenvalue weighted by molar-refractivity contribution is -0.0841. The number of aliphatic hydroxyl groups excluding tert-OH is 1. The number of ether oxygens (including phenoxy) is 4. The highest BCUT2D eigenvalue weighted by molar-refractivity contribution is 9.09. The molecule has 0 aliphatic carbocycles. The lowest BCUT2D eigenvalue weighted by Gasteiger charge is -2.35. The molecule has 4 unspecified atom stereocenters. The third kappa shape index (κ3) is 11.2. The van der Waals surface area contributed by atoms with E-state index in [0.29, 0.717) is 39.4 Å². The highest BCUT2D eigenvalue weighted by Gasteiger charge is 2.31. The quantitative estimate of drug-likeness (QED) is 0.552. The summed E-state index contributed by atoms with van der Waals surface area (Å²) in [4.78, 5) is 27.1. The summed E-state index contributed by atoms with van der Waals surface area (Å²) in [6.07, 6.45) is -1.46. The van der Waals surface area contributed by atoms with E-state index in [1.54, 1.807) is 16.7 Å². The van der Waals surface area contributed by atoms with E-state index in [2.05, 4.69) is 15.9 Å². The van der Waals surface area contributed by atoms with Crippen LogP contribution in [0.3, 0.4) is 0 Å². The summed E-state index contributed by atoms with van der Waals surface area (Å²) in [6, 6.07) is 0. The van der Waals surface area contributed by atoms with Crippen molar-refractivity contribution in [1.82, 2.24) is 9.80 Å². The number of carbonyl (C=O) groups excluding carboxylic acids is 2. The molecule has 0 aromatic carbocycles. The van der Waals surface area contributed by atoms with E-state index in [1.165, 1.54) is 0 Å². The van der Waals surface area contributed by atoms with Gasteiger partial charge in [-0.3, -0.25) is 0 Å². The molecule has 32 heavy (non-hydrogen) atoms. The zero-order valence-electron chi connectivity index (χ0n) is 20.7. The standard InChI is InChI=1S/C11H20BrNO3.C11H21NO4/c1-8(12)9-7-13(5-6-15-9)10(14)16-11(2,3)4;1-8(13)9-7-12(5-6-15-9)10(14)16-11(2,3)4/h8-9H,5-7H2,1-4H3;8-9,13H,5-7H2,1-4H3. The smallest absolute Gasteiger partial charge is 0.410 e. The molecule has 2 aliphatic heterocycles. The van der Waals surface area contributed by atoms with Crippen molar-refractivity contribution >= 4 is 28.1 Å². The normalized spacial score (nSPS) is 24.1. The number of halogens is 1. The monoisotopic (exact) mass is 524 g/mol. The maximum atomic E-state index is 11.8. The number of alkyl halides is 1. The van der Waals surface area contributed by atoms with Crippen molar-refractivity contribution in [3.63, 3.8) is 0 Å². The third-order valence-electron chi connectivity index (χ3n) is 4.54. The largest absolute Gasteiger partial charge is 0.444 e. The molecule has 0 radical (unpaired) electrons. The van der Waals surface area contributed by atoms with Gasteiger partial charge in [0, 0.05) is 17.9 Å². The van der Waals surface area contributed by atoms with Crippen molar-refractivity contribution in [3.05, 3.63) is 0 Å². The van der Waals surface area contributed by atoms with Crippen LogP contribution < -0.4 is 0 Å². The molecular formula is C22H41BrN2O7. The third-order valence-corrected chi connectivity index (χ3v) is 5.13. The van der Waals surface area contributed by atoms with Crippen LogP contribution in [0.2, 0.25) is 0 Å². The second-order valence-corrected chi connectivity index (χ2v) is 11.5. The Balaban J connectivity index is 0.000000320. The zero-order chi connectivity index (χ0) is 24.7. The fraction of sp³-hybridized carbons (Fsp3) is 0.909. The SMILES string of the molecule is CC(Br)C1CN(C(=O)OC(C)(C)C)CCO1.CC(O)C1CN(C(=O)OC(C)(C)C)CCO1. The van der Waals surface area contributed by atoms with Gasteiger partial charge in [0.05, 0.1) is 38.5 Å². The van der Waals surface area contributed by atoms with Gasteiger partial charge in [0.2, 0.25) is 0 Å². The lowest BCUT2D eigenvalue weighted by Crippen LogP contribution is -2.50. The van der Waals surface area contributed by atoms with Crippen LogP contribution in [0.15, 0.2) is 0 Å². The highest BCUT2D eigenvalue weighted by Crippen LogP contribution is 2.17. The molecule has 2 fully saturated rings. The molecule has 9 nitrogen and oxygen atoms in total. The van der Waals surface area contributed by atoms with Gasteiger partial charge in [-0.15, -0.1) is 0 Å². The molecule has 2 amide bonds. The molecule has 2 rings (SSSR count). The van der Waals surface area contributed by atoms with E-state index in [9.17, 15) is 14.7 Å². The van der Waals surface area contributed by atoms with Gasteiger partial charge in [-0.2, -0.15) is 0 Å². The molecule has 0 aromatic heterocycles. The number of morpholine rings is 2. The Bertz CT molecular complexity index is 550. The molecular weight excluding hydrogens is 484 g/mol. The summed E-state index contributed by atoms with van der Waals surface area (Å²) in [6.45, 7) is 17.9. The lowest BCUT2D eigenvalue weighted by atomic mass is 10.2. The average Bonchev–Trinajstić information content (AvgIpc) is 2.66.